The van der Waals surface area contributed by atoms with Crippen molar-refractivity contribution < 1.29 is 0 Å². The quantitative estimate of drug-likeness (QED) is 0.808. The number of piperidine rings is 1. The molecule has 0 radical (unpaired) electrons. The highest BCUT2D eigenvalue weighted by atomic mass is 16.2. The maximum atomic E-state index is 12.8. The molecular weight excluding hydrogens is 332 g/mol. The Balaban J connectivity index is 2.28. The van der Waals surface area contributed by atoms with E-state index in [1.165, 1.54) is 11.6 Å². The number of aromatic nitrogens is 4. The molecule has 0 saturated carbocycles. The molecule has 0 bridgehead atoms. The van der Waals surface area contributed by atoms with Gasteiger partial charge in [-0.25, -0.2) is 4.79 Å². The number of hydrogen-bond acceptors (Lipinski definition) is 5. The summed E-state index contributed by atoms with van der Waals surface area (Å²) in [4.78, 5) is 32.0. The molecule has 8 nitrogen and oxygen atoms in total. The van der Waals surface area contributed by atoms with Crippen molar-refractivity contribution in [2.45, 2.75) is 39.8 Å². The Kier molecular flexibility index (Phi) is 4.79. The van der Waals surface area contributed by atoms with Gasteiger partial charge in [0.25, 0.3) is 5.56 Å². The molecule has 0 aromatic carbocycles. The zero-order chi connectivity index (χ0) is 19.2. The third kappa shape index (κ3) is 3.09. The van der Waals surface area contributed by atoms with Crippen LogP contribution in [0, 0.1) is 5.92 Å². The lowest BCUT2D eigenvalue weighted by atomic mass is 9.97. The van der Waals surface area contributed by atoms with E-state index in [4.69, 9.17) is 10.7 Å². The van der Waals surface area contributed by atoms with Crippen molar-refractivity contribution in [1.29, 1.82) is 0 Å². The van der Waals surface area contributed by atoms with Gasteiger partial charge < -0.3 is 15.2 Å². The van der Waals surface area contributed by atoms with Crippen LogP contribution in [0.3, 0.4) is 0 Å². The van der Waals surface area contributed by atoms with Crippen LogP contribution in [0.2, 0.25) is 0 Å². The average molecular weight is 360 g/mol. The van der Waals surface area contributed by atoms with Crippen LogP contribution in [0.4, 0.5) is 5.95 Å². The van der Waals surface area contributed by atoms with E-state index >= 15 is 0 Å². The molecule has 1 aliphatic rings. The number of imidazole rings is 1. The van der Waals surface area contributed by atoms with Crippen molar-refractivity contribution in [1.82, 2.24) is 18.7 Å². The average Bonchev–Trinajstić information content (AvgIpc) is 2.95. The topological polar surface area (TPSA) is 91.1 Å². The van der Waals surface area contributed by atoms with Crippen LogP contribution < -0.4 is 21.9 Å². The smallest absolute Gasteiger partial charge is 0.332 e. The predicted molar refractivity (Wildman–Crippen MR) is 104 cm³/mol. The minimum absolute atomic E-state index is 0.0714. The minimum Gasteiger partial charge on any atom is -0.340 e. The number of nitrogens with zero attached hydrogens (tertiary/aromatic N) is 5. The molecule has 1 aliphatic heterocycles. The Labute approximate surface area is 152 Å². The molecule has 2 aromatic heterocycles. The minimum atomic E-state index is -0.371. The van der Waals surface area contributed by atoms with Crippen molar-refractivity contribution in [3.63, 3.8) is 0 Å². The number of aryl methyl sites for hydroxylation is 1. The SMILES string of the molecule is CC(C)=CCn1c(N2CC(C)CC(N)C2)nc2c1c(=O)n(C)c(=O)n2C. The molecule has 2 atom stereocenters. The zero-order valence-corrected chi connectivity index (χ0v) is 16.2. The molecule has 2 N–H and O–H groups in total. The van der Waals surface area contributed by atoms with Crippen LogP contribution in [0.25, 0.3) is 11.2 Å². The molecule has 8 heteroatoms. The van der Waals surface area contributed by atoms with Gasteiger partial charge in [-0.2, -0.15) is 4.98 Å². The maximum Gasteiger partial charge on any atom is 0.332 e. The largest absolute Gasteiger partial charge is 0.340 e. The van der Waals surface area contributed by atoms with Gasteiger partial charge in [-0.05, 0) is 26.2 Å². The number of anilines is 1. The van der Waals surface area contributed by atoms with E-state index < -0.39 is 0 Å². The fourth-order valence-electron chi connectivity index (χ4n) is 3.69. The first kappa shape index (κ1) is 18.4. The van der Waals surface area contributed by atoms with Gasteiger partial charge in [0.2, 0.25) is 5.95 Å². The van der Waals surface area contributed by atoms with Gasteiger partial charge in [0, 0.05) is 39.8 Å². The van der Waals surface area contributed by atoms with Gasteiger partial charge in [0.15, 0.2) is 11.2 Å². The fourth-order valence-corrected chi connectivity index (χ4v) is 3.69. The highest BCUT2D eigenvalue weighted by Gasteiger charge is 2.28. The highest BCUT2D eigenvalue weighted by Crippen LogP contribution is 2.25. The molecule has 2 aromatic rings. The number of hydrogen-bond donors (Lipinski definition) is 1. The van der Waals surface area contributed by atoms with Gasteiger partial charge in [-0.1, -0.05) is 18.6 Å². The summed E-state index contributed by atoms with van der Waals surface area (Å²) in [5.74, 6) is 1.15. The predicted octanol–water partition coefficient (Wildman–Crippen LogP) is 0.573. The number of nitrogens with two attached hydrogens (primary N) is 1. The van der Waals surface area contributed by atoms with Crippen LogP contribution in [-0.4, -0.2) is 37.8 Å². The van der Waals surface area contributed by atoms with Crippen LogP contribution in [0.5, 0.6) is 0 Å². The molecule has 2 unspecified atom stereocenters. The van der Waals surface area contributed by atoms with E-state index in [2.05, 4.69) is 17.9 Å². The maximum absolute atomic E-state index is 12.8. The molecule has 0 spiro atoms. The van der Waals surface area contributed by atoms with E-state index in [-0.39, 0.29) is 17.3 Å². The second-order valence-electron chi connectivity index (χ2n) is 7.69. The molecule has 142 valence electrons. The monoisotopic (exact) mass is 360 g/mol. The Morgan fingerprint density at radius 1 is 1.23 bits per heavy atom. The lowest BCUT2D eigenvalue weighted by molar-refractivity contribution is 0.396. The van der Waals surface area contributed by atoms with E-state index in [0.29, 0.717) is 36.1 Å². The van der Waals surface area contributed by atoms with Crippen molar-refractivity contribution in [3.8, 4) is 0 Å². The third-order valence-corrected chi connectivity index (χ3v) is 4.98. The lowest BCUT2D eigenvalue weighted by Gasteiger charge is -2.35. The van der Waals surface area contributed by atoms with Crippen molar-refractivity contribution >= 4 is 17.1 Å². The first-order valence-electron chi connectivity index (χ1n) is 9.00. The van der Waals surface area contributed by atoms with Gasteiger partial charge in [-0.3, -0.25) is 13.9 Å². The Morgan fingerprint density at radius 2 is 1.92 bits per heavy atom. The molecule has 0 amide bonds. The first-order chi connectivity index (χ1) is 12.2. The van der Waals surface area contributed by atoms with Gasteiger partial charge in [-0.15, -0.1) is 0 Å². The summed E-state index contributed by atoms with van der Waals surface area (Å²) in [5.41, 5.74) is 7.55. The Morgan fingerprint density at radius 3 is 2.54 bits per heavy atom. The zero-order valence-electron chi connectivity index (χ0n) is 16.2. The van der Waals surface area contributed by atoms with Crippen LogP contribution in [0.15, 0.2) is 21.2 Å². The van der Waals surface area contributed by atoms with Crippen molar-refractivity contribution in [2.24, 2.45) is 25.7 Å². The summed E-state index contributed by atoms with van der Waals surface area (Å²) in [5, 5.41) is 0. The Bertz CT molecular complexity index is 966. The van der Waals surface area contributed by atoms with Crippen LogP contribution in [0.1, 0.15) is 27.2 Å². The van der Waals surface area contributed by atoms with E-state index in [1.54, 1.807) is 7.05 Å². The molecular formula is C18H28N6O2. The molecule has 26 heavy (non-hydrogen) atoms. The number of rotatable bonds is 3. The summed E-state index contributed by atoms with van der Waals surface area (Å²) >= 11 is 0. The summed E-state index contributed by atoms with van der Waals surface area (Å²) in [6, 6.07) is 0.0714. The molecule has 3 heterocycles. The van der Waals surface area contributed by atoms with Gasteiger partial charge in [0.1, 0.15) is 0 Å². The normalized spacial score (nSPS) is 20.6. The standard InChI is InChI=1S/C18H28N6O2/c1-11(2)6-7-24-14-15(21(4)18(26)22(5)16(14)25)20-17(24)23-9-12(3)8-13(19)10-23/h6,12-13H,7-10,19H2,1-5H3. The molecule has 3 rings (SSSR count). The van der Waals surface area contributed by atoms with E-state index in [0.717, 1.165) is 23.1 Å². The van der Waals surface area contributed by atoms with Crippen molar-refractivity contribution in [3.05, 3.63) is 32.5 Å². The molecule has 0 aliphatic carbocycles. The molecule has 1 fully saturated rings. The first-order valence-corrected chi connectivity index (χ1v) is 9.00. The van der Waals surface area contributed by atoms with Crippen LogP contribution in [-0.2, 0) is 20.6 Å². The summed E-state index contributed by atoms with van der Waals surface area (Å²) in [6.07, 6.45) is 3.04. The van der Waals surface area contributed by atoms with E-state index in [9.17, 15) is 9.59 Å². The summed E-state index contributed by atoms with van der Waals surface area (Å²) < 4.78 is 4.48. The second kappa shape index (κ2) is 6.75. The fraction of sp³-hybridized carbons (Fsp3) is 0.611. The van der Waals surface area contributed by atoms with Gasteiger partial charge >= 0.3 is 5.69 Å². The van der Waals surface area contributed by atoms with Gasteiger partial charge in [0.05, 0.1) is 0 Å². The van der Waals surface area contributed by atoms with Crippen LogP contribution >= 0.6 is 0 Å². The highest BCUT2D eigenvalue weighted by molar-refractivity contribution is 5.74. The molecule has 1 saturated heterocycles. The third-order valence-electron chi connectivity index (χ3n) is 4.98. The number of fused-ring (bicyclic) bond motifs is 1. The summed E-state index contributed by atoms with van der Waals surface area (Å²) in [7, 11) is 3.15. The second-order valence-corrected chi connectivity index (χ2v) is 7.69. The lowest BCUT2D eigenvalue weighted by Crippen LogP contribution is -2.47. The summed E-state index contributed by atoms with van der Waals surface area (Å²) in [6.45, 7) is 8.26. The Hall–Kier alpha value is -2.35. The number of allylic oxidation sites excluding steroid dienone is 2. The van der Waals surface area contributed by atoms with Crippen molar-refractivity contribution in [2.75, 3.05) is 18.0 Å². The van der Waals surface area contributed by atoms with E-state index in [1.807, 2.05) is 18.4 Å².